The number of hydrogen-bond donors (Lipinski definition) is 4. The summed E-state index contributed by atoms with van der Waals surface area (Å²) in [5.41, 5.74) is 6.99. The summed E-state index contributed by atoms with van der Waals surface area (Å²) in [6.45, 7) is 5.96. The summed E-state index contributed by atoms with van der Waals surface area (Å²) in [7, 11) is -3.48. The Morgan fingerprint density at radius 2 is 1.72 bits per heavy atom. The average molecular weight is 721 g/mol. The molecular weight excluding hydrogens is 684 g/mol. The minimum Gasteiger partial charge on any atom is -0.490 e. The van der Waals surface area contributed by atoms with Gasteiger partial charge in [-0.25, -0.2) is 22.6 Å². The van der Waals surface area contributed by atoms with E-state index in [0.717, 1.165) is 0 Å². The number of carbonyl (C=O) groups is 2. The van der Waals surface area contributed by atoms with Crippen LogP contribution in [0.4, 0.5) is 29.1 Å². The monoisotopic (exact) mass is 720 g/mol. The van der Waals surface area contributed by atoms with Crippen molar-refractivity contribution in [2.75, 3.05) is 17.7 Å². The zero-order valence-corrected chi connectivity index (χ0v) is 28.1. The molecule has 5 N–H and O–H groups in total. The minimum absolute atomic E-state index is 0.0333. The molecule has 16 heteroatoms. The summed E-state index contributed by atoms with van der Waals surface area (Å²) in [5.74, 6) is -2.69. The molecule has 0 bridgehead atoms. The molecule has 11 nitrogen and oxygen atoms in total. The SMILES string of the molecule is CCOc1cc(C(Nc2ccc3c(N)nccc3c2F)C(=O)NCc2ccccc2S(=O)(=O)C2CC2)ccc1OC(C)C.O=C(O)C(F)(F)F. The molecule has 0 radical (unpaired) electrons. The van der Waals surface area contributed by atoms with E-state index in [0.29, 0.717) is 47.5 Å². The van der Waals surface area contributed by atoms with E-state index < -0.39 is 39.7 Å². The largest absolute Gasteiger partial charge is 0.490 e. The topological polar surface area (TPSA) is 170 Å². The van der Waals surface area contributed by atoms with E-state index >= 15 is 4.39 Å². The molecule has 1 aliphatic carbocycles. The number of nitrogens with zero attached hydrogens (tertiary/aromatic N) is 1. The predicted octanol–water partition coefficient (Wildman–Crippen LogP) is 6.18. The number of nitrogens with two attached hydrogens (primary N) is 1. The molecule has 1 saturated carbocycles. The zero-order chi connectivity index (χ0) is 36.8. The van der Waals surface area contributed by atoms with Crippen LogP contribution in [0.3, 0.4) is 0 Å². The number of anilines is 2. The van der Waals surface area contributed by atoms with Crippen molar-refractivity contribution < 1.29 is 50.1 Å². The summed E-state index contributed by atoms with van der Waals surface area (Å²) in [6.07, 6.45) is -2.51. The van der Waals surface area contributed by atoms with Crippen LogP contribution in [0.5, 0.6) is 11.5 Å². The summed E-state index contributed by atoms with van der Waals surface area (Å²) >= 11 is 0. The van der Waals surface area contributed by atoms with Crippen molar-refractivity contribution in [3.8, 4) is 11.5 Å². The van der Waals surface area contributed by atoms with Gasteiger partial charge in [0.05, 0.1) is 28.5 Å². The second kappa shape index (κ2) is 15.6. The van der Waals surface area contributed by atoms with Crippen LogP contribution < -0.4 is 25.8 Å². The van der Waals surface area contributed by atoms with Crippen LogP contribution in [0.1, 0.15) is 50.8 Å². The highest BCUT2D eigenvalue weighted by molar-refractivity contribution is 7.92. The standard InChI is InChI=1S/C32H35FN4O5S.C2HF3O2/c1-4-41-27-17-20(9-14-26(27)42-19(2)3)30(37-25-13-12-24-23(29(25)33)15-16-35-31(24)34)32(38)36-18-21-7-5-6-8-28(21)43(39,40)22-10-11-22;3-2(4,5)1(6)7/h5-9,12-17,19,22,30,37H,4,10-11,18H2,1-3H3,(H2,34,35)(H,36,38);(H,6,7). The van der Waals surface area contributed by atoms with Gasteiger partial charge in [0.25, 0.3) is 0 Å². The quantitative estimate of drug-likeness (QED) is 0.124. The smallest absolute Gasteiger partial charge is 0.490 e. The number of carboxylic acid groups (broad SMARTS) is 1. The Morgan fingerprint density at radius 1 is 1.04 bits per heavy atom. The number of fused-ring (bicyclic) bond motifs is 1. The van der Waals surface area contributed by atoms with Crippen LogP contribution in [-0.4, -0.2) is 54.5 Å². The molecule has 1 unspecified atom stereocenters. The maximum absolute atomic E-state index is 15.7. The van der Waals surface area contributed by atoms with Crippen LogP contribution in [0.2, 0.25) is 0 Å². The predicted molar refractivity (Wildman–Crippen MR) is 178 cm³/mol. The minimum atomic E-state index is -5.08. The molecule has 1 atom stereocenters. The summed E-state index contributed by atoms with van der Waals surface area (Å²) in [5, 5.41) is 13.4. The number of rotatable bonds is 12. The number of benzene rings is 3. The summed E-state index contributed by atoms with van der Waals surface area (Å²) in [4.78, 5) is 27.0. The van der Waals surface area contributed by atoms with E-state index in [1.807, 2.05) is 20.8 Å². The van der Waals surface area contributed by atoms with Crippen molar-refractivity contribution >= 4 is 44.0 Å². The van der Waals surface area contributed by atoms with Gasteiger partial charge in [-0.15, -0.1) is 0 Å². The van der Waals surface area contributed by atoms with Gasteiger partial charge in [0.2, 0.25) is 5.91 Å². The molecule has 4 aromatic rings. The molecule has 1 aromatic heterocycles. The average Bonchev–Trinajstić information content (AvgIpc) is 3.91. The number of nitrogens with one attached hydrogen (secondary N) is 2. The van der Waals surface area contributed by atoms with Gasteiger partial charge in [0.1, 0.15) is 11.9 Å². The molecule has 3 aromatic carbocycles. The van der Waals surface area contributed by atoms with Crippen molar-refractivity contribution in [2.45, 2.75) is 68.6 Å². The molecule has 0 aliphatic heterocycles. The molecule has 1 amide bonds. The van der Waals surface area contributed by atoms with Gasteiger partial charge in [-0.05, 0) is 81.1 Å². The molecule has 5 rings (SSSR count). The Morgan fingerprint density at radius 3 is 2.34 bits per heavy atom. The van der Waals surface area contributed by atoms with E-state index in [-0.39, 0.29) is 39.7 Å². The maximum atomic E-state index is 15.7. The van der Waals surface area contributed by atoms with E-state index in [4.69, 9.17) is 25.1 Å². The molecule has 1 aliphatic rings. The van der Waals surface area contributed by atoms with Gasteiger partial charge in [-0.1, -0.05) is 24.3 Å². The van der Waals surface area contributed by atoms with Crippen molar-refractivity contribution in [1.82, 2.24) is 10.3 Å². The van der Waals surface area contributed by atoms with Gasteiger partial charge in [-0.2, -0.15) is 13.2 Å². The Labute approximate surface area is 285 Å². The fraction of sp³-hybridized carbons (Fsp3) is 0.324. The summed E-state index contributed by atoms with van der Waals surface area (Å²) < 4.78 is 85.2. The number of aromatic nitrogens is 1. The van der Waals surface area contributed by atoms with E-state index in [9.17, 15) is 26.4 Å². The third-order valence-corrected chi connectivity index (χ3v) is 9.73. The van der Waals surface area contributed by atoms with E-state index in [1.165, 1.54) is 18.3 Å². The first-order chi connectivity index (χ1) is 23.5. The Hall–Kier alpha value is -5.12. The lowest BCUT2D eigenvalue weighted by atomic mass is 10.0. The highest BCUT2D eigenvalue weighted by Gasteiger charge is 2.39. The van der Waals surface area contributed by atoms with Crippen molar-refractivity contribution in [1.29, 1.82) is 0 Å². The number of halogens is 4. The first kappa shape index (κ1) is 37.7. The highest BCUT2D eigenvalue weighted by Crippen LogP contribution is 2.36. The lowest BCUT2D eigenvalue weighted by Crippen LogP contribution is -2.34. The van der Waals surface area contributed by atoms with Gasteiger partial charge in [-0.3, -0.25) is 4.79 Å². The van der Waals surface area contributed by atoms with Crippen LogP contribution >= 0.6 is 0 Å². The fourth-order valence-corrected chi connectivity index (χ4v) is 6.79. The van der Waals surface area contributed by atoms with Crippen molar-refractivity contribution in [3.63, 3.8) is 0 Å². The third kappa shape index (κ3) is 9.11. The lowest BCUT2D eigenvalue weighted by molar-refractivity contribution is -0.192. The normalized spacial score (nSPS) is 13.6. The number of nitrogen functional groups attached to an aromatic ring is 1. The van der Waals surface area contributed by atoms with Crippen molar-refractivity contribution in [2.24, 2.45) is 0 Å². The number of carbonyl (C=O) groups excluding carboxylic acids is 1. The van der Waals surface area contributed by atoms with Gasteiger partial charge < -0.3 is 30.9 Å². The Kier molecular flexibility index (Phi) is 11.8. The number of aliphatic carboxylic acids is 1. The molecule has 0 saturated heterocycles. The molecule has 1 fully saturated rings. The third-order valence-electron chi connectivity index (χ3n) is 7.37. The molecule has 1 heterocycles. The Balaban J connectivity index is 0.000000727. The van der Waals surface area contributed by atoms with Gasteiger partial charge in [0.15, 0.2) is 27.2 Å². The zero-order valence-electron chi connectivity index (χ0n) is 27.3. The van der Waals surface area contributed by atoms with E-state index in [2.05, 4.69) is 15.6 Å². The van der Waals surface area contributed by atoms with Crippen LogP contribution in [0, 0.1) is 5.82 Å². The van der Waals surface area contributed by atoms with Gasteiger partial charge in [0, 0.05) is 23.5 Å². The maximum Gasteiger partial charge on any atom is 0.490 e. The molecule has 268 valence electrons. The number of ether oxygens (including phenoxy) is 2. The second-order valence-corrected chi connectivity index (χ2v) is 13.7. The highest BCUT2D eigenvalue weighted by atomic mass is 32.2. The fourth-order valence-electron chi connectivity index (χ4n) is 4.90. The lowest BCUT2D eigenvalue weighted by Gasteiger charge is -2.23. The van der Waals surface area contributed by atoms with Crippen LogP contribution in [0.25, 0.3) is 10.8 Å². The first-order valence-corrected chi connectivity index (χ1v) is 17.0. The number of pyridine rings is 1. The summed E-state index contributed by atoms with van der Waals surface area (Å²) in [6, 6.07) is 15.4. The number of alkyl halides is 3. The number of carboxylic acids is 1. The van der Waals surface area contributed by atoms with Crippen LogP contribution in [-0.2, 0) is 26.0 Å². The second-order valence-electron chi connectivity index (χ2n) is 11.5. The number of sulfone groups is 1. The van der Waals surface area contributed by atoms with Crippen molar-refractivity contribution in [3.05, 3.63) is 83.8 Å². The van der Waals surface area contributed by atoms with Crippen LogP contribution in [0.15, 0.2) is 71.8 Å². The molecular formula is C34H36F4N4O7S. The number of amides is 1. The van der Waals surface area contributed by atoms with Gasteiger partial charge >= 0.3 is 12.1 Å². The Bertz CT molecular complexity index is 1970. The van der Waals surface area contributed by atoms with E-state index in [1.54, 1.807) is 48.5 Å². The molecule has 50 heavy (non-hydrogen) atoms. The number of hydrogen-bond acceptors (Lipinski definition) is 9. The first-order valence-electron chi connectivity index (χ1n) is 15.5. The molecule has 0 spiro atoms.